The zero-order valence-electron chi connectivity index (χ0n) is 13.3. The standard InChI is InChI=1S/C9F20O3/c10-1(11,5(21,22)30-6(23,24)2(12,13)14)9(29,31-7(25,26)3(15,16)17)32-8(27,28)4(18,19)20. The molecule has 0 atom stereocenters. The monoisotopic (exact) mass is 536 g/mol. The highest BCUT2D eigenvalue weighted by Gasteiger charge is 2.84. The zero-order chi connectivity index (χ0) is 26.6. The summed E-state index contributed by atoms with van der Waals surface area (Å²) < 4.78 is 252. The maximum Gasteiger partial charge on any atom is 0.483 e. The smallest absolute Gasteiger partial charge is 0.246 e. The Morgan fingerprint density at radius 2 is 0.500 bits per heavy atom. The summed E-state index contributed by atoms with van der Waals surface area (Å²) >= 11 is 0. The predicted octanol–water partition coefficient (Wildman–Crippen LogP) is 6.35. The van der Waals surface area contributed by atoms with Crippen LogP contribution in [0.15, 0.2) is 0 Å². The summed E-state index contributed by atoms with van der Waals surface area (Å²) in [6.45, 7) is 0. The van der Waals surface area contributed by atoms with Crippen molar-refractivity contribution in [1.29, 1.82) is 0 Å². The van der Waals surface area contributed by atoms with Crippen LogP contribution in [0.5, 0.6) is 0 Å². The molecular formula is C9F20O3. The van der Waals surface area contributed by atoms with Crippen LogP contribution in [0.3, 0.4) is 0 Å². The van der Waals surface area contributed by atoms with Crippen LogP contribution in [0.1, 0.15) is 0 Å². The molecular weight excluding hydrogens is 536 g/mol. The van der Waals surface area contributed by atoms with E-state index in [-0.39, 0.29) is 0 Å². The normalized spacial score (nSPS) is 16.5. The lowest BCUT2D eigenvalue weighted by atomic mass is 10.2. The van der Waals surface area contributed by atoms with Crippen molar-refractivity contribution in [3.63, 3.8) is 0 Å². The summed E-state index contributed by atoms with van der Waals surface area (Å²) in [6, 6.07) is -8.14. The van der Waals surface area contributed by atoms with Crippen LogP contribution < -0.4 is 0 Å². The average Bonchev–Trinajstić information content (AvgIpc) is 2.40. The molecule has 0 saturated carbocycles. The molecule has 3 nitrogen and oxygen atoms in total. The van der Waals surface area contributed by atoms with Gasteiger partial charge in [-0.1, -0.05) is 0 Å². The number of hydrogen-bond donors (Lipinski definition) is 0. The van der Waals surface area contributed by atoms with E-state index in [1.165, 1.54) is 9.47 Å². The Bertz CT molecular complexity index is 627. The van der Waals surface area contributed by atoms with E-state index in [2.05, 4.69) is 0 Å². The van der Waals surface area contributed by atoms with E-state index in [1.807, 2.05) is 0 Å². The minimum Gasteiger partial charge on any atom is -0.246 e. The fourth-order valence-corrected chi connectivity index (χ4v) is 1.05. The molecule has 0 radical (unpaired) electrons. The van der Waals surface area contributed by atoms with Gasteiger partial charge in [0.15, 0.2) is 0 Å². The molecule has 0 rings (SSSR count). The van der Waals surface area contributed by atoms with Gasteiger partial charge in [0, 0.05) is 0 Å². The van der Waals surface area contributed by atoms with Crippen molar-refractivity contribution in [2.45, 2.75) is 54.9 Å². The molecule has 0 aliphatic heterocycles. The Morgan fingerprint density at radius 3 is 0.719 bits per heavy atom. The highest BCUT2D eigenvalue weighted by Crippen LogP contribution is 2.56. The first-order chi connectivity index (χ1) is 13.4. The quantitative estimate of drug-likeness (QED) is 0.268. The number of hydrogen-bond acceptors (Lipinski definition) is 3. The minimum absolute atomic E-state index is 1.11. The van der Waals surface area contributed by atoms with E-state index in [0.717, 1.165) is 4.74 Å². The second-order valence-electron chi connectivity index (χ2n) is 4.98. The molecule has 0 aliphatic carbocycles. The van der Waals surface area contributed by atoms with E-state index < -0.39 is 54.9 Å². The van der Waals surface area contributed by atoms with Crippen molar-refractivity contribution in [3.8, 4) is 0 Å². The fraction of sp³-hybridized carbons (Fsp3) is 1.00. The van der Waals surface area contributed by atoms with Gasteiger partial charge in [0.25, 0.3) is 0 Å². The van der Waals surface area contributed by atoms with Crippen molar-refractivity contribution in [1.82, 2.24) is 0 Å². The van der Waals surface area contributed by atoms with Gasteiger partial charge in [0.1, 0.15) is 0 Å². The molecule has 0 saturated heterocycles. The van der Waals surface area contributed by atoms with Gasteiger partial charge >= 0.3 is 54.9 Å². The van der Waals surface area contributed by atoms with Crippen LogP contribution in [-0.2, 0) is 14.2 Å². The summed E-state index contributed by atoms with van der Waals surface area (Å²) in [7, 11) is 0. The van der Waals surface area contributed by atoms with E-state index in [0.29, 0.717) is 0 Å². The Kier molecular flexibility index (Phi) is 7.40. The summed E-state index contributed by atoms with van der Waals surface area (Å²) in [5.74, 6) is -8.43. The predicted molar refractivity (Wildman–Crippen MR) is 50.0 cm³/mol. The van der Waals surface area contributed by atoms with Crippen LogP contribution in [0.25, 0.3) is 0 Å². The van der Waals surface area contributed by atoms with Gasteiger partial charge < -0.3 is 0 Å². The first-order valence-corrected chi connectivity index (χ1v) is 6.25. The fourth-order valence-electron chi connectivity index (χ4n) is 1.05. The Hall–Kier alpha value is -1.52. The summed E-state index contributed by atoms with van der Waals surface area (Å²) in [5.41, 5.74) is 0. The van der Waals surface area contributed by atoms with Crippen LogP contribution in [-0.4, -0.2) is 54.9 Å². The van der Waals surface area contributed by atoms with Crippen molar-refractivity contribution < 1.29 is 102 Å². The van der Waals surface area contributed by atoms with Crippen LogP contribution in [0.4, 0.5) is 87.8 Å². The topological polar surface area (TPSA) is 27.7 Å². The van der Waals surface area contributed by atoms with Gasteiger partial charge in [-0.2, -0.15) is 87.8 Å². The molecule has 0 aromatic rings. The van der Waals surface area contributed by atoms with Gasteiger partial charge in [-0.15, -0.1) is 0 Å². The van der Waals surface area contributed by atoms with Gasteiger partial charge in [-0.25, -0.2) is 14.2 Å². The molecule has 0 amide bonds. The first kappa shape index (κ1) is 30.5. The lowest BCUT2D eigenvalue weighted by Crippen LogP contribution is -2.67. The van der Waals surface area contributed by atoms with Gasteiger partial charge in [-0.05, 0) is 0 Å². The molecule has 194 valence electrons. The van der Waals surface area contributed by atoms with Crippen molar-refractivity contribution in [3.05, 3.63) is 0 Å². The van der Waals surface area contributed by atoms with Crippen molar-refractivity contribution >= 4 is 0 Å². The van der Waals surface area contributed by atoms with E-state index in [9.17, 15) is 87.8 Å². The van der Waals surface area contributed by atoms with E-state index >= 15 is 0 Å². The van der Waals surface area contributed by atoms with Crippen molar-refractivity contribution in [2.24, 2.45) is 0 Å². The maximum atomic E-state index is 13.7. The molecule has 0 fully saturated rings. The average molecular weight is 536 g/mol. The van der Waals surface area contributed by atoms with Gasteiger partial charge in [0.2, 0.25) is 0 Å². The summed E-state index contributed by atoms with van der Waals surface area (Å²) in [5, 5.41) is 0. The Labute approximate surface area is 158 Å². The molecule has 0 aromatic carbocycles. The highest BCUT2D eigenvalue weighted by atomic mass is 19.4. The van der Waals surface area contributed by atoms with Crippen LogP contribution in [0, 0.1) is 0 Å². The molecule has 0 N–H and O–H groups in total. The maximum absolute atomic E-state index is 13.7. The molecule has 23 heteroatoms. The summed E-state index contributed by atoms with van der Waals surface area (Å²) in [6.07, 6.45) is -53.7. The Morgan fingerprint density at radius 1 is 0.281 bits per heavy atom. The second-order valence-corrected chi connectivity index (χ2v) is 4.98. The molecule has 0 unspecified atom stereocenters. The minimum atomic E-state index is -8.43. The molecule has 0 aliphatic rings. The summed E-state index contributed by atoms with van der Waals surface area (Å²) in [4.78, 5) is 0. The number of ether oxygens (including phenoxy) is 3. The molecule has 32 heavy (non-hydrogen) atoms. The Balaban J connectivity index is 6.74. The van der Waals surface area contributed by atoms with Crippen LogP contribution in [0.2, 0.25) is 0 Å². The number of alkyl halides is 20. The highest BCUT2D eigenvalue weighted by molar-refractivity contribution is 4.91. The lowest BCUT2D eigenvalue weighted by molar-refractivity contribution is -0.593. The molecule has 0 spiro atoms. The lowest BCUT2D eigenvalue weighted by Gasteiger charge is -2.40. The third kappa shape index (κ3) is 5.69. The second kappa shape index (κ2) is 7.77. The molecule has 0 heterocycles. The number of halogens is 20. The third-order valence-corrected chi connectivity index (χ3v) is 2.51. The first-order valence-electron chi connectivity index (χ1n) is 6.25. The third-order valence-electron chi connectivity index (χ3n) is 2.51. The zero-order valence-corrected chi connectivity index (χ0v) is 13.3. The molecule has 0 bridgehead atoms. The number of rotatable bonds is 8. The van der Waals surface area contributed by atoms with Gasteiger partial charge in [0.05, 0.1) is 0 Å². The molecule has 0 aromatic heterocycles. The van der Waals surface area contributed by atoms with E-state index in [1.54, 1.807) is 0 Å². The SMILES string of the molecule is FC(F)(F)C(F)(F)OC(F)(F)C(F)(F)C(F)(OC(F)(F)C(F)(F)F)OC(F)(F)C(F)(F)F. The van der Waals surface area contributed by atoms with Crippen LogP contribution >= 0.6 is 0 Å². The van der Waals surface area contributed by atoms with E-state index in [4.69, 9.17) is 0 Å². The largest absolute Gasteiger partial charge is 0.483 e. The van der Waals surface area contributed by atoms with Gasteiger partial charge in [-0.3, -0.25) is 0 Å². The van der Waals surface area contributed by atoms with Crippen molar-refractivity contribution in [2.75, 3.05) is 0 Å².